The Bertz CT molecular complexity index is 1180. The Morgan fingerprint density at radius 2 is 1.47 bits per heavy atom. The number of benzene rings is 3. The molecule has 0 atom stereocenters. The maximum absolute atomic E-state index is 15.5. The summed E-state index contributed by atoms with van der Waals surface area (Å²) in [6.07, 6.45) is -4.74. The van der Waals surface area contributed by atoms with Crippen molar-refractivity contribution in [2.75, 3.05) is 7.11 Å². The van der Waals surface area contributed by atoms with Crippen molar-refractivity contribution in [2.24, 2.45) is 0 Å². The highest BCUT2D eigenvalue weighted by Crippen LogP contribution is 2.41. The van der Waals surface area contributed by atoms with Crippen LogP contribution in [0.15, 0.2) is 72.8 Å². The van der Waals surface area contributed by atoms with Crippen LogP contribution in [0.4, 0.5) is 22.0 Å². The predicted octanol–water partition coefficient (Wildman–Crippen LogP) is 6.19. The minimum atomic E-state index is -4.74. The first-order chi connectivity index (χ1) is 14.2. The number of para-hydroxylation sites is 1. The van der Waals surface area contributed by atoms with Crippen LogP contribution in [0.25, 0.3) is 16.7 Å². The highest BCUT2D eigenvalue weighted by molar-refractivity contribution is 5.82. The molecule has 0 aliphatic rings. The molecule has 0 radical (unpaired) electrons. The van der Waals surface area contributed by atoms with E-state index in [4.69, 9.17) is 4.74 Å². The summed E-state index contributed by atoms with van der Waals surface area (Å²) in [6, 6.07) is 16.3. The third-order valence-corrected chi connectivity index (χ3v) is 4.74. The lowest BCUT2D eigenvalue weighted by Gasteiger charge is -2.18. The number of halogens is 5. The molecule has 0 amide bonds. The molecular weight excluding hydrogens is 403 g/mol. The number of hydrogen-bond acceptors (Lipinski definition) is 2. The monoisotopic (exact) mass is 418 g/mol. The first kappa shape index (κ1) is 19.9. The van der Waals surface area contributed by atoms with Gasteiger partial charge in [-0.3, -0.25) is 4.57 Å². The van der Waals surface area contributed by atoms with Crippen LogP contribution in [-0.2, 0) is 12.1 Å². The van der Waals surface area contributed by atoms with Crippen LogP contribution >= 0.6 is 0 Å². The van der Waals surface area contributed by atoms with Crippen molar-refractivity contribution in [3.63, 3.8) is 0 Å². The fourth-order valence-electron chi connectivity index (χ4n) is 3.31. The molecule has 0 bridgehead atoms. The molecule has 30 heavy (non-hydrogen) atoms. The molecule has 0 saturated carbocycles. The average Bonchev–Trinajstić information content (AvgIpc) is 3.14. The quantitative estimate of drug-likeness (QED) is 0.370. The number of alkyl halides is 5. The van der Waals surface area contributed by atoms with Gasteiger partial charge in [0.15, 0.2) is 5.82 Å². The fraction of sp³-hybridized carbons (Fsp3) is 0.136. The van der Waals surface area contributed by atoms with Gasteiger partial charge in [-0.2, -0.15) is 22.0 Å². The summed E-state index contributed by atoms with van der Waals surface area (Å²) in [5.41, 5.74) is -1.81. The van der Waals surface area contributed by atoms with E-state index in [9.17, 15) is 13.2 Å². The van der Waals surface area contributed by atoms with E-state index in [1.807, 2.05) is 0 Å². The summed E-state index contributed by atoms with van der Waals surface area (Å²) < 4.78 is 77.6. The van der Waals surface area contributed by atoms with Gasteiger partial charge in [0.1, 0.15) is 11.3 Å². The summed E-state index contributed by atoms with van der Waals surface area (Å²) in [6.45, 7) is 0. The standard InChI is InChI=1S/C22H15F5N2O/c1-30-16-12-10-15(11-13-16)29-18-9-5-8-17(22(25,26)27)19(18)28-20(29)21(23,24)14-6-3-2-4-7-14/h2-13H,1H3. The number of fused-ring (bicyclic) bond motifs is 1. The van der Waals surface area contributed by atoms with Gasteiger partial charge in [-0.25, -0.2) is 4.98 Å². The molecular formula is C22H15F5N2O. The number of aromatic nitrogens is 2. The minimum Gasteiger partial charge on any atom is -0.497 e. The van der Waals surface area contributed by atoms with Gasteiger partial charge in [-0.1, -0.05) is 36.4 Å². The van der Waals surface area contributed by atoms with E-state index in [0.717, 1.165) is 10.6 Å². The average molecular weight is 418 g/mol. The molecule has 0 aliphatic heterocycles. The molecule has 0 aliphatic carbocycles. The SMILES string of the molecule is COc1ccc(-n2c(C(F)(F)c3ccccc3)nc3c(C(F)(F)F)cccc32)cc1. The molecule has 4 rings (SSSR count). The normalized spacial score (nSPS) is 12.3. The van der Waals surface area contributed by atoms with E-state index in [1.54, 1.807) is 18.2 Å². The van der Waals surface area contributed by atoms with Crippen molar-refractivity contribution < 1.29 is 26.7 Å². The van der Waals surface area contributed by atoms with E-state index in [1.165, 1.54) is 55.6 Å². The maximum atomic E-state index is 15.5. The molecule has 0 spiro atoms. The minimum absolute atomic E-state index is 0.0689. The second-order valence-electron chi connectivity index (χ2n) is 6.58. The summed E-state index contributed by atoms with van der Waals surface area (Å²) in [5.74, 6) is -3.95. The second-order valence-corrected chi connectivity index (χ2v) is 6.58. The Kier molecular flexibility index (Phi) is 4.72. The smallest absolute Gasteiger partial charge is 0.418 e. The lowest BCUT2D eigenvalue weighted by molar-refractivity contribution is -0.136. The second kappa shape index (κ2) is 7.12. The number of hydrogen-bond donors (Lipinski definition) is 0. The summed E-state index contributed by atoms with van der Waals surface area (Å²) in [7, 11) is 1.45. The largest absolute Gasteiger partial charge is 0.497 e. The highest BCUT2D eigenvalue weighted by atomic mass is 19.4. The molecule has 0 N–H and O–H groups in total. The fourth-order valence-corrected chi connectivity index (χ4v) is 3.31. The first-order valence-electron chi connectivity index (χ1n) is 8.90. The van der Waals surface area contributed by atoms with Gasteiger partial charge in [0.25, 0.3) is 0 Å². The van der Waals surface area contributed by atoms with Crippen molar-refractivity contribution in [1.29, 1.82) is 0 Å². The van der Waals surface area contributed by atoms with Gasteiger partial charge >= 0.3 is 12.1 Å². The highest BCUT2D eigenvalue weighted by Gasteiger charge is 2.42. The summed E-state index contributed by atoms with van der Waals surface area (Å²) in [4.78, 5) is 3.81. The molecule has 8 heteroatoms. The van der Waals surface area contributed by atoms with Crippen molar-refractivity contribution in [1.82, 2.24) is 9.55 Å². The van der Waals surface area contributed by atoms with Crippen molar-refractivity contribution in [3.05, 3.63) is 89.7 Å². The van der Waals surface area contributed by atoms with Crippen molar-refractivity contribution >= 4 is 11.0 Å². The zero-order valence-electron chi connectivity index (χ0n) is 15.6. The van der Waals surface area contributed by atoms with Gasteiger partial charge in [-0.15, -0.1) is 0 Å². The predicted molar refractivity (Wildman–Crippen MR) is 102 cm³/mol. The lowest BCUT2D eigenvalue weighted by Crippen LogP contribution is -2.21. The van der Waals surface area contributed by atoms with Gasteiger partial charge in [0.2, 0.25) is 0 Å². The molecule has 0 saturated heterocycles. The summed E-state index contributed by atoms with van der Waals surface area (Å²) >= 11 is 0. The van der Waals surface area contributed by atoms with E-state index in [0.29, 0.717) is 5.75 Å². The topological polar surface area (TPSA) is 27.1 Å². The number of rotatable bonds is 4. The Hall–Kier alpha value is -3.42. The van der Waals surface area contributed by atoms with Crippen LogP contribution < -0.4 is 4.74 Å². The van der Waals surface area contributed by atoms with Gasteiger partial charge in [0, 0.05) is 11.3 Å². The Morgan fingerprint density at radius 1 is 0.800 bits per heavy atom. The van der Waals surface area contributed by atoms with E-state index >= 15 is 8.78 Å². The van der Waals surface area contributed by atoms with E-state index in [-0.39, 0.29) is 16.8 Å². The van der Waals surface area contributed by atoms with Gasteiger partial charge in [-0.05, 0) is 36.4 Å². The molecule has 1 heterocycles. The number of methoxy groups -OCH3 is 1. The Balaban J connectivity index is 2.05. The lowest BCUT2D eigenvalue weighted by atomic mass is 10.1. The summed E-state index contributed by atoms with van der Waals surface area (Å²) in [5, 5.41) is 0. The molecule has 0 fully saturated rings. The van der Waals surface area contributed by atoms with Crippen LogP contribution in [0.1, 0.15) is 17.0 Å². The number of imidazole rings is 1. The third kappa shape index (κ3) is 3.28. The van der Waals surface area contributed by atoms with Crippen molar-refractivity contribution in [3.8, 4) is 11.4 Å². The maximum Gasteiger partial charge on any atom is 0.418 e. The van der Waals surface area contributed by atoms with E-state index in [2.05, 4.69) is 4.98 Å². The number of ether oxygens (including phenoxy) is 1. The van der Waals surface area contributed by atoms with Crippen LogP contribution in [0.5, 0.6) is 5.75 Å². The Morgan fingerprint density at radius 3 is 2.07 bits per heavy atom. The van der Waals surface area contributed by atoms with Crippen LogP contribution in [0.3, 0.4) is 0 Å². The van der Waals surface area contributed by atoms with Crippen LogP contribution in [0.2, 0.25) is 0 Å². The van der Waals surface area contributed by atoms with Crippen LogP contribution in [-0.4, -0.2) is 16.7 Å². The van der Waals surface area contributed by atoms with Gasteiger partial charge < -0.3 is 4.74 Å². The molecule has 1 aromatic heterocycles. The van der Waals surface area contributed by atoms with E-state index < -0.39 is 29.0 Å². The molecule has 4 aromatic rings. The van der Waals surface area contributed by atoms with Gasteiger partial charge in [0.05, 0.1) is 18.2 Å². The third-order valence-electron chi connectivity index (χ3n) is 4.74. The molecule has 3 aromatic carbocycles. The first-order valence-corrected chi connectivity index (χ1v) is 8.90. The number of nitrogens with zero attached hydrogens (tertiary/aromatic N) is 2. The molecule has 3 nitrogen and oxygen atoms in total. The zero-order chi connectivity index (χ0) is 21.5. The zero-order valence-corrected chi connectivity index (χ0v) is 15.6. The molecule has 154 valence electrons. The van der Waals surface area contributed by atoms with Crippen molar-refractivity contribution in [2.45, 2.75) is 12.1 Å². The van der Waals surface area contributed by atoms with Crippen LogP contribution in [0, 0.1) is 0 Å². The molecule has 0 unspecified atom stereocenters. The Labute approximate surface area is 168 Å².